The normalized spacial score (nSPS) is 0.857. The van der Waals surface area contributed by atoms with Crippen molar-refractivity contribution in [3.63, 3.8) is 0 Å². The Balaban J connectivity index is -0.00000000500. The van der Waals surface area contributed by atoms with Gasteiger partial charge in [0.1, 0.15) is 0 Å². The van der Waals surface area contributed by atoms with E-state index in [9.17, 15) is 0 Å². The van der Waals surface area contributed by atoms with E-state index in [4.69, 9.17) is 71.0 Å². The monoisotopic (exact) mass is 266 g/mol. The van der Waals surface area contributed by atoms with Crippen LogP contribution >= 0.6 is 0 Å². The Morgan fingerprint density at radius 1 is 0.286 bits per heavy atom. The average Bonchev–Trinajstić information content (AvgIpc) is 2.33. The van der Waals surface area contributed by atoms with E-state index in [1.54, 1.807) is 0 Å². The molecule has 14 heavy (non-hydrogen) atoms. The SMILES string of the molecule is [C-]#N.[C-]#N.[C-]#N.[C-]#N.[C-]#N.[C-]#N.[Mn].[Mn]. The van der Waals surface area contributed by atoms with Crippen molar-refractivity contribution < 1.29 is 34.1 Å². The first-order chi connectivity index (χ1) is 6.00. The first-order valence-corrected chi connectivity index (χ1v) is 1.34. The van der Waals surface area contributed by atoms with Crippen molar-refractivity contribution in [3.8, 4) is 0 Å². The largest absolute Gasteiger partial charge is 0.512 e. The van der Waals surface area contributed by atoms with E-state index >= 15 is 0 Å². The molecule has 0 N–H and O–H groups in total. The van der Waals surface area contributed by atoms with Crippen LogP contribution in [0, 0.1) is 71.0 Å². The topological polar surface area (TPSA) is 143 Å². The van der Waals surface area contributed by atoms with E-state index in [1.165, 1.54) is 0 Å². The first-order valence-electron chi connectivity index (χ1n) is 1.34. The quantitative estimate of drug-likeness (QED) is 0.463. The predicted molar refractivity (Wildman–Crippen MR) is 29.8 cm³/mol. The summed E-state index contributed by atoms with van der Waals surface area (Å²) < 4.78 is 0. The third-order valence-corrected chi connectivity index (χ3v) is 0. The van der Waals surface area contributed by atoms with E-state index in [2.05, 4.69) is 0 Å². The molecule has 0 aromatic rings. The summed E-state index contributed by atoms with van der Waals surface area (Å²) in [4.78, 5) is 0. The van der Waals surface area contributed by atoms with Gasteiger partial charge in [-0.1, -0.05) is 0 Å². The molecule has 8 heteroatoms. The van der Waals surface area contributed by atoms with Gasteiger partial charge in [0, 0.05) is 34.1 Å². The molecule has 0 rings (SSSR count). The van der Waals surface area contributed by atoms with Gasteiger partial charge >= 0.3 is 0 Å². The molecular formula is C6Mn2N6-6. The third-order valence-electron chi connectivity index (χ3n) is 0. The number of hydrogen-bond donors (Lipinski definition) is 0. The maximum absolute atomic E-state index is 6.25. The van der Waals surface area contributed by atoms with E-state index in [0.717, 1.165) is 0 Å². The standard InChI is InChI=1S/6CN.2Mn/c6*1-2;;/q6*-1;;. The van der Waals surface area contributed by atoms with Gasteiger partial charge in [-0.25, -0.2) is 0 Å². The number of rotatable bonds is 0. The molecule has 0 spiro atoms. The van der Waals surface area contributed by atoms with Gasteiger partial charge in [-0.2, -0.15) is 0 Å². The van der Waals surface area contributed by atoms with Crippen LogP contribution in [-0.4, -0.2) is 0 Å². The Hall–Kier alpha value is -2.02. The molecular weight excluding hydrogens is 266 g/mol. The fraction of sp³-hybridized carbons (Fsp3) is 0. The smallest absolute Gasteiger partial charge is 0 e. The minimum absolute atomic E-state index is 0. The van der Waals surface area contributed by atoms with Crippen LogP contribution in [0.1, 0.15) is 0 Å². The molecule has 0 aliphatic heterocycles. The molecule has 0 heterocycles. The van der Waals surface area contributed by atoms with Crippen LogP contribution in [0.5, 0.6) is 0 Å². The van der Waals surface area contributed by atoms with Gasteiger partial charge in [-0.3, -0.25) is 0 Å². The van der Waals surface area contributed by atoms with Crippen molar-refractivity contribution in [2.75, 3.05) is 0 Å². The maximum Gasteiger partial charge on any atom is 0 e. The minimum Gasteiger partial charge on any atom is -0.512 e. The molecule has 0 saturated carbocycles. The molecule has 0 aliphatic carbocycles. The van der Waals surface area contributed by atoms with Gasteiger partial charge in [-0.05, 0) is 0 Å². The second kappa shape index (κ2) is 268. The molecule has 0 atom stereocenters. The second-order valence-corrected chi connectivity index (χ2v) is 0. The van der Waals surface area contributed by atoms with Crippen LogP contribution in [0.15, 0.2) is 0 Å². The van der Waals surface area contributed by atoms with E-state index in [0.29, 0.717) is 0 Å². The fourth-order valence-electron chi connectivity index (χ4n) is 0. The Bertz CT molecular complexity index is 95.3. The predicted octanol–water partition coefficient (Wildman–Crippen LogP) is 0.573. The molecule has 74 valence electrons. The molecule has 0 unspecified atom stereocenters. The molecule has 0 aromatic carbocycles. The molecule has 0 aromatic heterocycles. The summed E-state index contributed by atoms with van der Waals surface area (Å²) in [5.41, 5.74) is 0. The Morgan fingerprint density at radius 2 is 0.286 bits per heavy atom. The van der Waals surface area contributed by atoms with E-state index in [-0.39, 0.29) is 34.1 Å². The van der Waals surface area contributed by atoms with Crippen molar-refractivity contribution in [1.29, 1.82) is 31.6 Å². The Kier molecular flexibility index (Phi) is 1740. The summed E-state index contributed by atoms with van der Waals surface area (Å²) in [6.45, 7) is 28.5. The van der Waals surface area contributed by atoms with E-state index < -0.39 is 0 Å². The van der Waals surface area contributed by atoms with Crippen molar-refractivity contribution in [2.24, 2.45) is 0 Å². The summed E-state index contributed by atoms with van der Waals surface area (Å²) in [5, 5.41) is 37.5. The summed E-state index contributed by atoms with van der Waals surface area (Å²) in [7, 11) is 0. The van der Waals surface area contributed by atoms with Crippen LogP contribution in [-0.2, 0) is 34.1 Å². The van der Waals surface area contributed by atoms with Gasteiger partial charge in [0.2, 0.25) is 0 Å². The van der Waals surface area contributed by atoms with Crippen LogP contribution in [0.3, 0.4) is 0 Å². The number of hydrogen-bond acceptors (Lipinski definition) is 6. The van der Waals surface area contributed by atoms with Gasteiger partial charge in [0.05, 0.1) is 0 Å². The molecule has 0 saturated heterocycles. The zero-order valence-corrected chi connectivity index (χ0v) is 8.80. The van der Waals surface area contributed by atoms with Crippen molar-refractivity contribution in [2.45, 2.75) is 0 Å². The van der Waals surface area contributed by atoms with Crippen LogP contribution in [0.2, 0.25) is 0 Å². The average molecular weight is 266 g/mol. The van der Waals surface area contributed by atoms with Gasteiger partial charge < -0.3 is 71.0 Å². The van der Waals surface area contributed by atoms with E-state index in [1.807, 2.05) is 0 Å². The van der Waals surface area contributed by atoms with Crippen molar-refractivity contribution in [3.05, 3.63) is 39.4 Å². The Morgan fingerprint density at radius 3 is 0.286 bits per heavy atom. The maximum atomic E-state index is 6.25. The number of nitrogens with zero attached hydrogens (tertiary/aromatic N) is 6. The minimum atomic E-state index is 0. The molecule has 0 aliphatic rings. The molecule has 0 amide bonds. The zero-order valence-electron chi connectivity index (χ0n) is 6.44. The van der Waals surface area contributed by atoms with Crippen molar-refractivity contribution in [1.82, 2.24) is 0 Å². The molecule has 6 nitrogen and oxygen atoms in total. The van der Waals surface area contributed by atoms with Crippen LogP contribution < -0.4 is 0 Å². The fourth-order valence-corrected chi connectivity index (χ4v) is 0. The zero-order chi connectivity index (χ0) is 12.0. The van der Waals surface area contributed by atoms with Gasteiger partial charge in [-0.15, -0.1) is 0 Å². The van der Waals surface area contributed by atoms with Crippen LogP contribution in [0.25, 0.3) is 0 Å². The summed E-state index contributed by atoms with van der Waals surface area (Å²) >= 11 is 0. The second-order valence-electron chi connectivity index (χ2n) is 0. The first kappa shape index (κ1) is 91.2. The van der Waals surface area contributed by atoms with Crippen molar-refractivity contribution >= 4 is 0 Å². The van der Waals surface area contributed by atoms with Crippen LogP contribution in [0.4, 0.5) is 0 Å². The molecule has 2 radical (unpaired) electrons. The molecule has 0 fully saturated rings. The third kappa shape index (κ3) is 197. The summed E-state index contributed by atoms with van der Waals surface area (Å²) in [6, 6.07) is 0. The summed E-state index contributed by atoms with van der Waals surface area (Å²) in [6.07, 6.45) is 0. The van der Waals surface area contributed by atoms with Gasteiger partial charge in [0.25, 0.3) is 0 Å². The summed E-state index contributed by atoms with van der Waals surface area (Å²) in [5.74, 6) is 0. The van der Waals surface area contributed by atoms with Gasteiger partial charge in [0.15, 0.2) is 0 Å². The Labute approximate surface area is 105 Å². The molecule has 0 bridgehead atoms.